The molecule has 0 N–H and O–H groups in total. The average Bonchev–Trinajstić information content (AvgIpc) is 3.78. The number of allylic oxidation sites excluding steroid dienone is 8. The predicted molar refractivity (Wildman–Crippen MR) is 245 cm³/mol. The Hall–Kier alpha value is -7.01. The molecule has 4 aromatic rings. The molecule has 300 valence electrons. The summed E-state index contributed by atoms with van der Waals surface area (Å²) in [5.41, 5.74) is 13.4. The molecular formula is C53H52N6O. The number of hydrogen-bond donors (Lipinski definition) is 0. The third-order valence-corrected chi connectivity index (χ3v) is 11.5. The molecule has 0 amide bonds. The van der Waals surface area contributed by atoms with Gasteiger partial charge in [0.2, 0.25) is 0 Å². The van der Waals surface area contributed by atoms with Crippen LogP contribution in [0.3, 0.4) is 0 Å². The summed E-state index contributed by atoms with van der Waals surface area (Å²) in [6, 6.07) is 29.4. The van der Waals surface area contributed by atoms with Crippen LogP contribution in [0, 0.1) is 34.0 Å². The smallest absolute Gasteiger partial charge is 0.152 e. The van der Waals surface area contributed by atoms with Crippen LogP contribution in [0.25, 0.3) is 0 Å². The van der Waals surface area contributed by atoms with Gasteiger partial charge in [-0.1, -0.05) is 92.6 Å². The molecule has 7 rings (SSSR count). The molecule has 7 heteroatoms. The maximum Gasteiger partial charge on any atom is 0.152 e. The Balaban J connectivity index is 1.68. The van der Waals surface area contributed by atoms with Crippen molar-refractivity contribution in [1.29, 1.82) is 15.8 Å². The molecular weight excluding hydrogens is 737 g/mol. The first kappa shape index (κ1) is 41.2. The molecule has 3 aliphatic rings. The number of anilines is 5. The molecule has 0 aromatic heterocycles. The highest BCUT2D eigenvalue weighted by Gasteiger charge is 2.51. The Labute approximate surface area is 356 Å². The van der Waals surface area contributed by atoms with E-state index >= 15 is 0 Å². The lowest BCUT2D eigenvalue weighted by Gasteiger charge is -2.39. The third kappa shape index (κ3) is 7.10. The molecule has 2 unspecified atom stereocenters. The number of fused-ring (bicyclic) bond motifs is 7. The first-order valence-electron chi connectivity index (χ1n) is 20.5. The molecule has 3 aliphatic heterocycles. The van der Waals surface area contributed by atoms with Crippen LogP contribution in [-0.4, -0.2) is 0 Å². The standard InChI is InChI=1S/C53H52N6O/c1-32(2)17-21-41(34(5)6)58(42(35(7)8)22-18-33(3)4)51-39(30-55)40(31-56)52(50-46-26-25-45(49(50)51)57(46)38-15-13-12-14-16-38)59-43-23-19-36(29-54)27-47(43)60-48-28-37(53(9,10)11)20-24-44(48)59/h12-24,27-28,45-46H,1,3,25-26H2,2,4-11H3. The van der Waals surface area contributed by atoms with Crippen molar-refractivity contribution in [2.24, 2.45) is 0 Å². The summed E-state index contributed by atoms with van der Waals surface area (Å²) in [5.74, 6) is 1.12. The van der Waals surface area contributed by atoms with Crippen molar-refractivity contribution in [3.8, 4) is 29.7 Å². The summed E-state index contributed by atoms with van der Waals surface area (Å²) in [5, 5.41) is 33.3. The number of para-hydroxylation sites is 1. The number of nitriles is 3. The number of ether oxygens (including phenoxy) is 1. The van der Waals surface area contributed by atoms with Crippen LogP contribution in [0.15, 0.2) is 138 Å². The Bertz CT molecular complexity index is 2660. The van der Waals surface area contributed by atoms with Gasteiger partial charge in [-0.2, -0.15) is 15.8 Å². The molecule has 0 saturated carbocycles. The van der Waals surface area contributed by atoms with E-state index in [-0.39, 0.29) is 28.6 Å². The van der Waals surface area contributed by atoms with Crippen molar-refractivity contribution in [3.05, 3.63) is 171 Å². The maximum absolute atomic E-state index is 11.6. The van der Waals surface area contributed by atoms with E-state index in [4.69, 9.17) is 4.74 Å². The van der Waals surface area contributed by atoms with Crippen LogP contribution in [0.5, 0.6) is 11.5 Å². The fourth-order valence-electron chi connectivity index (χ4n) is 8.79. The van der Waals surface area contributed by atoms with Gasteiger partial charge < -0.3 is 19.4 Å². The van der Waals surface area contributed by atoms with Crippen molar-refractivity contribution >= 4 is 28.4 Å². The minimum atomic E-state index is -0.173. The second-order valence-corrected chi connectivity index (χ2v) is 17.5. The highest BCUT2D eigenvalue weighted by Crippen LogP contribution is 2.65. The maximum atomic E-state index is 11.6. The molecule has 0 aliphatic carbocycles. The van der Waals surface area contributed by atoms with Crippen LogP contribution in [0.1, 0.15) is 121 Å². The van der Waals surface area contributed by atoms with Gasteiger partial charge in [-0.3, -0.25) is 0 Å². The van der Waals surface area contributed by atoms with E-state index < -0.39 is 0 Å². The van der Waals surface area contributed by atoms with Gasteiger partial charge >= 0.3 is 0 Å². The zero-order valence-corrected chi connectivity index (χ0v) is 36.2. The van der Waals surface area contributed by atoms with Crippen LogP contribution < -0.4 is 19.4 Å². The zero-order chi connectivity index (χ0) is 43.2. The molecule has 0 radical (unpaired) electrons. The summed E-state index contributed by atoms with van der Waals surface area (Å²) in [6.07, 6.45) is 9.84. The van der Waals surface area contributed by atoms with E-state index in [1.165, 1.54) is 0 Å². The Morgan fingerprint density at radius 2 is 1.25 bits per heavy atom. The normalized spacial score (nSPS) is 16.0. The minimum absolute atomic E-state index is 0.111. The van der Waals surface area contributed by atoms with Crippen molar-refractivity contribution < 1.29 is 4.74 Å². The van der Waals surface area contributed by atoms with Crippen molar-refractivity contribution in [3.63, 3.8) is 0 Å². The van der Waals surface area contributed by atoms with Gasteiger partial charge in [-0.15, -0.1) is 0 Å². The summed E-state index contributed by atoms with van der Waals surface area (Å²) in [4.78, 5) is 6.80. The van der Waals surface area contributed by atoms with Gasteiger partial charge in [-0.25, -0.2) is 0 Å². The van der Waals surface area contributed by atoms with Gasteiger partial charge in [0.05, 0.1) is 57.6 Å². The Morgan fingerprint density at radius 3 is 1.77 bits per heavy atom. The summed E-state index contributed by atoms with van der Waals surface area (Å²) >= 11 is 0. The lowest BCUT2D eigenvalue weighted by atomic mass is 9.82. The molecule has 1 fully saturated rings. The SMILES string of the molecule is C=C(C)C=CC(=C(C)C)N(C(C=CC(=C)C)=C(C)C)c1c(C#N)c(C#N)c(N2c3ccc(C#N)cc3Oc3cc(C(C)(C)C)ccc32)c2c1C1CCC2N1c1ccccc1. The summed E-state index contributed by atoms with van der Waals surface area (Å²) < 4.78 is 6.68. The molecule has 0 spiro atoms. The van der Waals surface area contributed by atoms with E-state index in [9.17, 15) is 15.8 Å². The molecule has 7 nitrogen and oxygen atoms in total. The lowest BCUT2D eigenvalue weighted by molar-refractivity contribution is 0.472. The molecule has 4 aromatic carbocycles. The van der Waals surface area contributed by atoms with Gasteiger partial charge in [-0.05, 0) is 114 Å². The molecule has 2 bridgehead atoms. The molecule has 60 heavy (non-hydrogen) atoms. The number of benzene rings is 4. The highest BCUT2D eigenvalue weighted by molar-refractivity contribution is 5.96. The first-order chi connectivity index (χ1) is 28.6. The second-order valence-electron chi connectivity index (χ2n) is 17.5. The van der Waals surface area contributed by atoms with Crippen LogP contribution in [0.4, 0.5) is 28.4 Å². The summed E-state index contributed by atoms with van der Waals surface area (Å²) in [6.45, 7) is 27.1. The zero-order valence-electron chi connectivity index (χ0n) is 36.2. The number of nitrogens with zero attached hydrogens (tertiary/aromatic N) is 6. The van der Waals surface area contributed by atoms with Gasteiger partial charge in [0.1, 0.15) is 12.1 Å². The fourth-order valence-corrected chi connectivity index (χ4v) is 8.79. The minimum Gasteiger partial charge on any atom is -0.453 e. The fraction of sp³-hybridized carbons (Fsp3) is 0.264. The van der Waals surface area contributed by atoms with Crippen molar-refractivity contribution in [2.45, 2.75) is 92.7 Å². The first-order valence-corrected chi connectivity index (χ1v) is 20.5. The van der Waals surface area contributed by atoms with Gasteiger partial charge in [0.25, 0.3) is 0 Å². The quantitative estimate of drug-likeness (QED) is 0.137. The van der Waals surface area contributed by atoms with E-state index in [1.54, 1.807) is 12.1 Å². The van der Waals surface area contributed by atoms with E-state index in [0.717, 1.165) is 74.6 Å². The van der Waals surface area contributed by atoms with E-state index in [1.807, 2.05) is 38.1 Å². The monoisotopic (exact) mass is 788 g/mol. The molecule has 1 saturated heterocycles. The summed E-state index contributed by atoms with van der Waals surface area (Å²) in [7, 11) is 0. The van der Waals surface area contributed by atoms with Gasteiger partial charge in [0, 0.05) is 34.3 Å². The highest BCUT2D eigenvalue weighted by atomic mass is 16.5. The Kier molecular flexibility index (Phi) is 11.0. The number of rotatable bonds is 9. The van der Waals surface area contributed by atoms with Crippen LogP contribution in [0.2, 0.25) is 0 Å². The number of hydrogen-bond acceptors (Lipinski definition) is 7. The topological polar surface area (TPSA) is 90.3 Å². The van der Waals surface area contributed by atoms with Crippen molar-refractivity contribution in [1.82, 2.24) is 0 Å². The van der Waals surface area contributed by atoms with E-state index in [2.05, 4.69) is 149 Å². The second kappa shape index (κ2) is 16.0. The lowest BCUT2D eigenvalue weighted by Crippen LogP contribution is -2.27. The van der Waals surface area contributed by atoms with Crippen LogP contribution in [-0.2, 0) is 5.41 Å². The molecule has 2 atom stereocenters. The van der Waals surface area contributed by atoms with Crippen molar-refractivity contribution in [2.75, 3.05) is 14.7 Å². The predicted octanol–water partition coefficient (Wildman–Crippen LogP) is 14.2. The van der Waals surface area contributed by atoms with Gasteiger partial charge in [0.15, 0.2) is 11.5 Å². The van der Waals surface area contributed by atoms with Crippen LogP contribution >= 0.6 is 0 Å². The van der Waals surface area contributed by atoms with E-state index in [0.29, 0.717) is 34.1 Å². The molecule has 3 heterocycles. The Morgan fingerprint density at radius 1 is 0.700 bits per heavy atom. The average molecular weight is 789 g/mol. The third-order valence-electron chi connectivity index (χ3n) is 11.5. The largest absolute Gasteiger partial charge is 0.453 e.